The van der Waals surface area contributed by atoms with E-state index in [9.17, 15) is 18.0 Å². The summed E-state index contributed by atoms with van der Waals surface area (Å²) in [5.41, 5.74) is 2.02. The summed E-state index contributed by atoms with van der Waals surface area (Å²) in [5, 5.41) is 3.12. The summed E-state index contributed by atoms with van der Waals surface area (Å²) >= 11 is 1.35. The minimum atomic E-state index is -3.90. The van der Waals surface area contributed by atoms with Crippen molar-refractivity contribution in [3.8, 4) is 0 Å². The summed E-state index contributed by atoms with van der Waals surface area (Å²) in [5.74, 6) is -1.00. The molecule has 0 unspecified atom stereocenters. The first-order chi connectivity index (χ1) is 12.9. The number of carbonyl (C=O) groups excluding carboxylic acids is 2. The van der Waals surface area contributed by atoms with E-state index >= 15 is 0 Å². The molecule has 1 N–H and O–H groups in total. The molecule has 1 aromatic heterocycles. The van der Waals surface area contributed by atoms with Crippen LogP contribution < -0.4 is 5.32 Å². The van der Waals surface area contributed by atoms with Crippen LogP contribution in [0.2, 0.25) is 0 Å². The molecule has 7 nitrogen and oxygen atoms in total. The van der Waals surface area contributed by atoms with Crippen LogP contribution in [0.15, 0.2) is 47.4 Å². The number of aromatic nitrogens is 1. The Bertz CT molecular complexity index is 1180. The van der Waals surface area contributed by atoms with Crippen molar-refractivity contribution in [1.82, 2.24) is 9.29 Å². The van der Waals surface area contributed by atoms with Crippen LogP contribution in [0.3, 0.4) is 0 Å². The maximum atomic E-state index is 12.5. The number of aryl methyl sites for hydroxylation is 1. The van der Waals surface area contributed by atoms with Crippen LogP contribution in [-0.2, 0) is 14.8 Å². The van der Waals surface area contributed by atoms with Crippen LogP contribution in [0.5, 0.6) is 0 Å². The van der Waals surface area contributed by atoms with E-state index in [1.165, 1.54) is 23.5 Å². The molecule has 27 heavy (non-hydrogen) atoms. The number of hydrogen-bond donors (Lipinski definition) is 1. The average Bonchev–Trinajstić information content (AvgIpc) is 3.10. The van der Waals surface area contributed by atoms with Gasteiger partial charge in [-0.2, -0.15) is 0 Å². The van der Waals surface area contributed by atoms with Crippen molar-refractivity contribution in [2.45, 2.75) is 18.2 Å². The number of benzene rings is 2. The summed E-state index contributed by atoms with van der Waals surface area (Å²) < 4.78 is 26.7. The fourth-order valence-corrected chi connectivity index (χ4v) is 5.47. The van der Waals surface area contributed by atoms with E-state index in [-0.39, 0.29) is 23.4 Å². The summed E-state index contributed by atoms with van der Waals surface area (Å²) in [4.78, 5) is 28.9. The van der Waals surface area contributed by atoms with Gasteiger partial charge in [0.05, 0.1) is 15.8 Å². The lowest BCUT2D eigenvalue weighted by molar-refractivity contribution is -0.116. The molecule has 2 aromatic carbocycles. The van der Waals surface area contributed by atoms with Gasteiger partial charge in [0.2, 0.25) is 5.91 Å². The normalized spacial score (nSPS) is 15.1. The lowest BCUT2D eigenvalue weighted by Gasteiger charge is -2.14. The second kappa shape index (κ2) is 6.43. The van der Waals surface area contributed by atoms with Gasteiger partial charge in [-0.3, -0.25) is 9.59 Å². The number of thiazole rings is 1. The number of fused-ring (bicyclic) bond motifs is 2. The van der Waals surface area contributed by atoms with E-state index in [2.05, 4.69) is 10.3 Å². The van der Waals surface area contributed by atoms with E-state index in [1.54, 1.807) is 12.1 Å². The van der Waals surface area contributed by atoms with Crippen molar-refractivity contribution in [3.05, 3.63) is 53.6 Å². The number of nitrogens with zero attached hydrogens (tertiary/aromatic N) is 2. The Morgan fingerprint density at radius 2 is 2.00 bits per heavy atom. The standard InChI is InChI=1S/C18H15N3O4S2/c1-11-6-7-13-14(10-11)26-18(19-13)20-16(22)8-9-21-17(23)12-4-2-3-5-15(12)27(21,24)25/h2-7,10H,8-9H2,1H3,(H,19,20,22). The van der Waals surface area contributed by atoms with Crippen LogP contribution in [0.4, 0.5) is 5.13 Å². The largest absolute Gasteiger partial charge is 0.302 e. The molecule has 138 valence electrons. The zero-order valence-electron chi connectivity index (χ0n) is 14.3. The molecule has 4 rings (SSSR count). The van der Waals surface area contributed by atoms with Gasteiger partial charge in [0, 0.05) is 13.0 Å². The maximum absolute atomic E-state index is 12.5. The van der Waals surface area contributed by atoms with Gasteiger partial charge in [-0.25, -0.2) is 17.7 Å². The molecule has 0 bridgehead atoms. The van der Waals surface area contributed by atoms with E-state index in [0.29, 0.717) is 5.13 Å². The Kier molecular flexibility index (Phi) is 4.20. The number of sulfonamides is 1. The van der Waals surface area contributed by atoms with E-state index in [0.717, 1.165) is 20.1 Å². The molecule has 0 aliphatic carbocycles. The Labute approximate surface area is 159 Å². The zero-order chi connectivity index (χ0) is 19.2. The third-order valence-corrected chi connectivity index (χ3v) is 7.02. The highest BCUT2D eigenvalue weighted by Crippen LogP contribution is 2.30. The Morgan fingerprint density at radius 3 is 2.78 bits per heavy atom. The molecular weight excluding hydrogens is 386 g/mol. The van der Waals surface area contributed by atoms with E-state index < -0.39 is 21.8 Å². The van der Waals surface area contributed by atoms with Gasteiger partial charge < -0.3 is 5.32 Å². The van der Waals surface area contributed by atoms with Gasteiger partial charge >= 0.3 is 0 Å². The minimum absolute atomic E-state index is 0.0167. The van der Waals surface area contributed by atoms with Gasteiger partial charge in [-0.15, -0.1) is 0 Å². The molecule has 0 fully saturated rings. The predicted molar refractivity (Wildman–Crippen MR) is 102 cm³/mol. The topological polar surface area (TPSA) is 96.4 Å². The van der Waals surface area contributed by atoms with Crippen LogP contribution in [0.1, 0.15) is 22.3 Å². The maximum Gasteiger partial charge on any atom is 0.269 e. The molecule has 3 aromatic rings. The first kappa shape index (κ1) is 17.6. The Balaban J connectivity index is 1.45. The predicted octanol–water partition coefficient (Wildman–Crippen LogP) is 2.78. The highest BCUT2D eigenvalue weighted by atomic mass is 32.2. The third kappa shape index (κ3) is 3.08. The fourth-order valence-electron chi connectivity index (χ4n) is 2.92. The summed E-state index contributed by atoms with van der Waals surface area (Å²) in [6, 6.07) is 11.8. The fraction of sp³-hybridized carbons (Fsp3) is 0.167. The SMILES string of the molecule is Cc1ccc2nc(NC(=O)CCN3C(=O)c4ccccc4S3(=O)=O)sc2c1. The van der Waals surface area contributed by atoms with Gasteiger partial charge in [0.15, 0.2) is 5.13 Å². The minimum Gasteiger partial charge on any atom is -0.302 e. The molecule has 0 saturated carbocycles. The van der Waals surface area contributed by atoms with Crippen LogP contribution in [0.25, 0.3) is 10.2 Å². The van der Waals surface area contributed by atoms with Gasteiger partial charge in [-0.1, -0.05) is 29.5 Å². The first-order valence-electron chi connectivity index (χ1n) is 8.19. The molecule has 9 heteroatoms. The molecule has 2 amide bonds. The average molecular weight is 401 g/mol. The number of hydrogen-bond acceptors (Lipinski definition) is 6. The lowest BCUT2D eigenvalue weighted by atomic mass is 10.2. The number of anilines is 1. The second-order valence-electron chi connectivity index (χ2n) is 6.17. The molecule has 0 saturated heterocycles. The van der Waals surface area contributed by atoms with E-state index in [4.69, 9.17) is 0 Å². The monoisotopic (exact) mass is 401 g/mol. The smallest absolute Gasteiger partial charge is 0.269 e. The highest BCUT2D eigenvalue weighted by molar-refractivity contribution is 7.90. The molecule has 0 radical (unpaired) electrons. The number of nitrogens with one attached hydrogen (secondary N) is 1. The van der Waals surface area contributed by atoms with Crippen molar-refractivity contribution >= 4 is 48.5 Å². The lowest BCUT2D eigenvalue weighted by Crippen LogP contribution is -2.33. The Hall–Kier alpha value is -2.78. The van der Waals surface area contributed by atoms with Crippen molar-refractivity contribution in [3.63, 3.8) is 0 Å². The Morgan fingerprint density at radius 1 is 1.22 bits per heavy atom. The molecule has 0 spiro atoms. The molecule has 1 aliphatic rings. The molecule has 2 heterocycles. The van der Waals surface area contributed by atoms with Crippen molar-refractivity contribution in [2.75, 3.05) is 11.9 Å². The van der Waals surface area contributed by atoms with Gasteiger partial charge in [-0.05, 0) is 36.8 Å². The number of carbonyl (C=O) groups is 2. The van der Waals surface area contributed by atoms with Gasteiger partial charge in [0.25, 0.3) is 15.9 Å². The van der Waals surface area contributed by atoms with Crippen molar-refractivity contribution in [1.29, 1.82) is 0 Å². The number of amides is 2. The highest BCUT2D eigenvalue weighted by Gasteiger charge is 2.40. The van der Waals surface area contributed by atoms with Crippen LogP contribution in [-0.4, -0.2) is 36.1 Å². The molecule has 0 atom stereocenters. The quantitative estimate of drug-likeness (QED) is 0.725. The van der Waals surface area contributed by atoms with Crippen molar-refractivity contribution in [2.24, 2.45) is 0 Å². The van der Waals surface area contributed by atoms with Crippen molar-refractivity contribution < 1.29 is 18.0 Å². The molecule has 1 aliphatic heterocycles. The zero-order valence-corrected chi connectivity index (χ0v) is 15.9. The van der Waals surface area contributed by atoms with Gasteiger partial charge in [0.1, 0.15) is 4.90 Å². The molecular formula is C18H15N3O4S2. The van der Waals surface area contributed by atoms with Crippen LogP contribution in [0, 0.1) is 6.92 Å². The van der Waals surface area contributed by atoms with E-state index in [1.807, 2.05) is 25.1 Å². The summed E-state index contributed by atoms with van der Waals surface area (Å²) in [7, 11) is -3.90. The number of rotatable bonds is 4. The summed E-state index contributed by atoms with van der Waals surface area (Å²) in [6.07, 6.45) is -0.145. The van der Waals surface area contributed by atoms with Crippen LogP contribution >= 0.6 is 11.3 Å². The second-order valence-corrected chi connectivity index (χ2v) is 9.03. The third-order valence-electron chi connectivity index (χ3n) is 4.24. The summed E-state index contributed by atoms with van der Waals surface area (Å²) in [6.45, 7) is 1.76. The first-order valence-corrected chi connectivity index (χ1v) is 10.4.